The molecule has 1 amide bonds. The number of carbonyl (C=O) groups is 1. The molecule has 0 unspecified atom stereocenters. The first kappa shape index (κ1) is 20.4. The first-order valence-corrected chi connectivity index (χ1v) is 10.2. The topological polar surface area (TPSA) is 125 Å². The molecule has 4 rings (SSSR count). The molecule has 0 radical (unpaired) electrons. The highest BCUT2D eigenvalue weighted by atomic mass is 32.1. The number of rotatable bonds is 5. The van der Waals surface area contributed by atoms with Gasteiger partial charge in [-0.15, -0.1) is 11.3 Å². The van der Waals surface area contributed by atoms with Gasteiger partial charge in [-0.1, -0.05) is 12.1 Å². The third-order valence-electron chi connectivity index (χ3n) is 4.95. The van der Waals surface area contributed by atoms with Crippen LogP contribution in [0.1, 0.15) is 33.1 Å². The molecule has 0 spiro atoms. The minimum Gasteiger partial charge on any atom is -0.267 e. The Hall–Kier alpha value is -3.86. The highest BCUT2D eigenvalue weighted by molar-refractivity contribution is 7.16. The summed E-state index contributed by atoms with van der Waals surface area (Å²) in [5.41, 5.74) is 4.28. The summed E-state index contributed by atoms with van der Waals surface area (Å²) in [6.07, 6.45) is 0. The van der Waals surface area contributed by atoms with Crippen molar-refractivity contribution in [2.24, 2.45) is 0 Å². The first-order valence-electron chi connectivity index (χ1n) is 9.32. The van der Waals surface area contributed by atoms with E-state index in [4.69, 9.17) is 0 Å². The van der Waals surface area contributed by atoms with Crippen molar-refractivity contribution in [1.82, 2.24) is 19.4 Å². The molecule has 0 aliphatic carbocycles. The summed E-state index contributed by atoms with van der Waals surface area (Å²) in [7, 11) is 0. The number of fused-ring (bicyclic) bond motifs is 1. The van der Waals surface area contributed by atoms with Gasteiger partial charge in [0.1, 0.15) is 22.0 Å². The number of nitro groups is 1. The SMILES string of the molecule is Cc1nn(Cc2ccc(C(=O)Nn3c(C)nc4sccc4c3=O)cc2)c(C)c1[N+](=O)[O-]. The van der Waals surface area contributed by atoms with Gasteiger partial charge in [0, 0.05) is 5.56 Å². The van der Waals surface area contributed by atoms with Gasteiger partial charge in [0.2, 0.25) is 0 Å². The van der Waals surface area contributed by atoms with E-state index < -0.39 is 10.8 Å². The van der Waals surface area contributed by atoms with Gasteiger partial charge in [0.15, 0.2) is 0 Å². The van der Waals surface area contributed by atoms with Crippen LogP contribution in [0.4, 0.5) is 5.69 Å². The lowest BCUT2D eigenvalue weighted by Crippen LogP contribution is -2.35. The van der Waals surface area contributed by atoms with Crippen molar-refractivity contribution >= 4 is 33.1 Å². The minimum atomic E-state index is -0.449. The summed E-state index contributed by atoms with van der Waals surface area (Å²) in [4.78, 5) is 40.9. The van der Waals surface area contributed by atoms with E-state index in [-0.39, 0.29) is 11.2 Å². The quantitative estimate of drug-likeness (QED) is 0.377. The van der Waals surface area contributed by atoms with Crippen molar-refractivity contribution in [2.45, 2.75) is 27.3 Å². The van der Waals surface area contributed by atoms with Crippen LogP contribution in [0, 0.1) is 30.9 Å². The van der Waals surface area contributed by atoms with Crippen LogP contribution < -0.4 is 11.0 Å². The molecule has 3 heterocycles. The number of hydrogen-bond donors (Lipinski definition) is 1. The van der Waals surface area contributed by atoms with Crippen LogP contribution in [-0.2, 0) is 6.54 Å². The number of nitrogens with zero attached hydrogens (tertiary/aromatic N) is 5. The maximum Gasteiger partial charge on any atom is 0.312 e. The summed E-state index contributed by atoms with van der Waals surface area (Å²) >= 11 is 1.37. The Kier molecular flexibility index (Phi) is 5.11. The van der Waals surface area contributed by atoms with Crippen LogP contribution >= 0.6 is 11.3 Å². The number of nitrogens with one attached hydrogen (secondary N) is 1. The summed E-state index contributed by atoms with van der Waals surface area (Å²) < 4.78 is 2.70. The third kappa shape index (κ3) is 3.70. The first-order chi connectivity index (χ1) is 14.8. The molecule has 1 aromatic carbocycles. The zero-order valence-electron chi connectivity index (χ0n) is 16.9. The Morgan fingerprint density at radius 3 is 2.55 bits per heavy atom. The second kappa shape index (κ2) is 7.76. The fraction of sp³-hybridized carbons (Fsp3) is 0.200. The van der Waals surface area contributed by atoms with Crippen LogP contribution in [-0.4, -0.2) is 30.3 Å². The van der Waals surface area contributed by atoms with Crippen molar-refractivity contribution in [1.29, 1.82) is 0 Å². The summed E-state index contributed by atoms with van der Waals surface area (Å²) in [6, 6.07) is 8.42. The van der Waals surface area contributed by atoms with E-state index in [0.717, 1.165) is 10.2 Å². The monoisotopic (exact) mass is 438 g/mol. The van der Waals surface area contributed by atoms with Gasteiger partial charge in [-0.05, 0) is 49.9 Å². The van der Waals surface area contributed by atoms with Crippen LogP contribution in [0.15, 0.2) is 40.5 Å². The second-order valence-electron chi connectivity index (χ2n) is 7.01. The summed E-state index contributed by atoms with van der Waals surface area (Å²) in [6.45, 7) is 5.23. The number of aromatic nitrogens is 4. The number of aryl methyl sites for hydroxylation is 2. The van der Waals surface area contributed by atoms with Gasteiger partial charge < -0.3 is 0 Å². The molecule has 0 saturated heterocycles. The lowest BCUT2D eigenvalue weighted by molar-refractivity contribution is -0.386. The van der Waals surface area contributed by atoms with E-state index >= 15 is 0 Å². The van der Waals surface area contributed by atoms with E-state index in [1.165, 1.54) is 11.3 Å². The van der Waals surface area contributed by atoms with Crippen LogP contribution in [0.5, 0.6) is 0 Å². The molecular formula is C20H18N6O4S. The maximum absolute atomic E-state index is 12.7. The smallest absolute Gasteiger partial charge is 0.267 e. The average molecular weight is 438 g/mol. The highest BCUT2D eigenvalue weighted by Crippen LogP contribution is 2.22. The van der Waals surface area contributed by atoms with Crippen LogP contribution in [0.2, 0.25) is 0 Å². The molecule has 0 atom stereocenters. The van der Waals surface area contributed by atoms with Crippen LogP contribution in [0.25, 0.3) is 10.2 Å². The van der Waals surface area contributed by atoms with Gasteiger partial charge in [-0.3, -0.25) is 29.8 Å². The molecule has 0 bridgehead atoms. The number of hydrogen-bond acceptors (Lipinski definition) is 7. The molecule has 4 aromatic rings. The Balaban J connectivity index is 1.54. The predicted octanol–water partition coefficient (Wildman–Crippen LogP) is 2.92. The van der Waals surface area contributed by atoms with Gasteiger partial charge in [-0.2, -0.15) is 5.10 Å². The molecule has 0 aliphatic heterocycles. The van der Waals surface area contributed by atoms with Gasteiger partial charge >= 0.3 is 5.69 Å². The van der Waals surface area contributed by atoms with E-state index in [2.05, 4.69) is 15.5 Å². The Labute approximate surface area is 179 Å². The van der Waals surface area contributed by atoms with Crippen LogP contribution in [0.3, 0.4) is 0 Å². The maximum atomic E-state index is 12.7. The van der Waals surface area contributed by atoms with E-state index in [1.807, 2.05) is 0 Å². The molecule has 31 heavy (non-hydrogen) atoms. The summed E-state index contributed by atoms with van der Waals surface area (Å²) in [5.74, 6) is -0.0640. The summed E-state index contributed by atoms with van der Waals surface area (Å²) in [5, 5.41) is 17.6. The second-order valence-corrected chi connectivity index (χ2v) is 7.91. The fourth-order valence-corrected chi connectivity index (χ4v) is 4.15. The third-order valence-corrected chi connectivity index (χ3v) is 5.76. The van der Waals surface area contributed by atoms with E-state index in [0.29, 0.717) is 39.5 Å². The Bertz CT molecular complexity index is 1380. The highest BCUT2D eigenvalue weighted by Gasteiger charge is 2.21. The average Bonchev–Trinajstić information content (AvgIpc) is 3.29. The molecular weight excluding hydrogens is 420 g/mol. The molecule has 0 saturated carbocycles. The molecule has 0 fully saturated rings. The van der Waals surface area contributed by atoms with Crippen molar-refractivity contribution in [3.63, 3.8) is 0 Å². The zero-order valence-corrected chi connectivity index (χ0v) is 17.8. The Morgan fingerprint density at radius 1 is 1.19 bits per heavy atom. The Morgan fingerprint density at radius 2 is 1.90 bits per heavy atom. The zero-order chi connectivity index (χ0) is 22.3. The fourth-order valence-electron chi connectivity index (χ4n) is 3.35. The molecule has 11 heteroatoms. The number of benzene rings is 1. The number of thiophene rings is 1. The van der Waals surface area contributed by atoms with Crippen molar-refractivity contribution < 1.29 is 9.72 Å². The molecule has 1 N–H and O–H groups in total. The van der Waals surface area contributed by atoms with Gasteiger partial charge in [0.05, 0.1) is 16.9 Å². The predicted molar refractivity (Wildman–Crippen MR) is 116 cm³/mol. The van der Waals surface area contributed by atoms with E-state index in [9.17, 15) is 19.7 Å². The lowest BCUT2D eigenvalue weighted by atomic mass is 10.1. The molecule has 158 valence electrons. The number of amides is 1. The standard InChI is InChI=1S/C20H18N6O4S/c1-11-17(26(29)30)12(2)24(22-11)10-14-4-6-15(7-5-14)18(27)23-25-13(3)21-19-16(20(25)28)8-9-31-19/h4-9H,10H2,1-3H3,(H,23,27). The molecule has 10 nitrogen and oxygen atoms in total. The van der Waals surface area contributed by atoms with E-state index in [1.54, 1.807) is 61.2 Å². The van der Waals surface area contributed by atoms with Gasteiger partial charge in [0.25, 0.3) is 11.5 Å². The van der Waals surface area contributed by atoms with Crippen molar-refractivity contribution in [3.8, 4) is 0 Å². The van der Waals surface area contributed by atoms with Crippen molar-refractivity contribution in [2.75, 3.05) is 5.43 Å². The molecule has 3 aromatic heterocycles. The van der Waals surface area contributed by atoms with Gasteiger partial charge in [-0.25, -0.2) is 9.66 Å². The van der Waals surface area contributed by atoms with Crippen molar-refractivity contribution in [3.05, 3.63) is 84.5 Å². The lowest BCUT2D eigenvalue weighted by Gasteiger charge is -2.11. The minimum absolute atomic E-state index is 0.00742. The molecule has 0 aliphatic rings. The normalized spacial score (nSPS) is 11.1. The number of carbonyl (C=O) groups excluding carboxylic acids is 1. The largest absolute Gasteiger partial charge is 0.312 e.